The number of pyridine rings is 2. The Balaban J connectivity index is 2.25. The van der Waals surface area contributed by atoms with E-state index in [0.29, 0.717) is 16.6 Å². The molecule has 0 bridgehead atoms. The second kappa shape index (κ2) is 6.81. The molecule has 0 atom stereocenters. The summed E-state index contributed by atoms with van der Waals surface area (Å²) >= 11 is 0. The molecule has 0 saturated heterocycles. The molecule has 0 unspecified atom stereocenters. The van der Waals surface area contributed by atoms with Crippen LogP contribution in [0.1, 0.15) is 32.6 Å². The third-order valence-electron chi connectivity index (χ3n) is 5.50. The maximum Gasteiger partial charge on any atom is 0.264 e. The first-order valence-corrected chi connectivity index (χ1v) is 9.27. The summed E-state index contributed by atoms with van der Waals surface area (Å²) < 4.78 is 2.22. The van der Waals surface area contributed by atoms with E-state index in [1.807, 2.05) is 0 Å². The highest BCUT2D eigenvalue weighted by Crippen LogP contribution is 2.21. The summed E-state index contributed by atoms with van der Waals surface area (Å²) in [5, 5.41) is 20.0. The third-order valence-corrected chi connectivity index (χ3v) is 5.50. The smallest absolute Gasteiger partial charge is 0.264 e. The normalized spacial score (nSPS) is 11.9. The fourth-order valence-electron chi connectivity index (χ4n) is 3.80. The minimum absolute atomic E-state index is 0.0157. The molecule has 0 radical (unpaired) electrons. The fourth-order valence-corrected chi connectivity index (χ4v) is 3.80. The molecule has 0 spiro atoms. The second-order valence-corrected chi connectivity index (χ2v) is 7.20. The van der Waals surface area contributed by atoms with Gasteiger partial charge in [-0.05, 0) is 43.2 Å². The molecule has 9 heteroatoms. The zero-order valence-corrected chi connectivity index (χ0v) is 16.9. The van der Waals surface area contributed by atoms with Crippen molar-refractivity contribution in [3.63, 3.8) is 0 Å². The molecule has 4 aromatic rings. The molecule has 0 aliphatic carbocycles. The first-order chi connectivity index (χ1) is 14.7. The standard InChI is InChI=1S/C22H17N5O4/c1-10-12(8-13-11(2)17(18(24)28)22(31)26(3)20(13)29)21(30)27-16-7-5-4-6-15(16)25-19(27)14(10)9-23/h4-8,31H,1-3H3,(H2,24,28)/b12-8-. The van der Waals surface area contributed by atoms with Gasteiger partial charge in [-0.3, -0.25) is 23.4 Å². The topological polar surface area (TPSA) is 143 Å². The van der Waals surface area contributed by atoms with E-state index < -0.39 is 22.9 Å². The van der Waals surface area contributed by atoms with E-state index >= 15 is 0 Å². The van der Waals surface area contributed by atoms with Crippen molar-refractivity contribution in [3.05, 3.63) is 78.0 Å². The number of nitrogens with zero attached hydrogens (tertiary/aromatic N) is 4. The first-order valence-electron chi connectivity index (χ1n) is 9.27. The highest BCUT2D eigenvalue weighted by atomic mass is 16.3. The Kier molecular flexibility index (Phi) is 4.36. The monoisotopic (exact) mass is 415 g/mol. The van der Waals surface area contributed by atoms with Gasteiger partial charge < -0.3 is 10.8 Å². The first kappa shape index (κ1) is 19.8. The zero-order chi connectivity index (χ0) is 22.6. The van der Waals surface area contributed by atoms with Gasteiger partial charge in [0.05, 0.1) is 16.6 Å². The lowest BCUT2D eigenvalue weighted by molar-refractivity contribution is 0.0995. The number of nitriles is 1. The average molecular weight is 415 g/mol. The molecule has 3 N–H and O–H groups in total. The van der Waals surface area contributed by atoms with E-state index in [4.69, 9.17) is 5.73 Å². The van der Waals surface area contributed by atoms with Crippen molar-refractivity contribution in [3.8, 4) is 11.9 Å². The number of hydrogen-bond donors (Lipinski definition) is 2. The zero-order valence-electron chi connectivity index (χ0n) is 16.9. The Morgan fingerprint density at radius 3 is 2.52 bits per heavy atom. The summed E-state index contributed by atoms with van der Waals surface area (Å²) in [6.07, 6.45) is 1.33. The van der Waals surface area contributed by atoms with Crippen molar-refractivity contribution in [1.82, 2.24) is 14.0 Å². The maximum absolute atomic E-state index is 13.4. The van der Waals surface area contributed by atoms with Crippen LogP contribution in [-0.2, 0) is 7.05 Å². The van der Waals surface area contributed by atoms with E-state index in [1.165, 1.54) is 24.4 Å². The van der Waals surface area contributed by atoms with Crippen LogP contribution < -0.4 is 22.1 Å². The van der Waals surface area contributed by atoms with E-state index in [-0.39, 0.29) is 33.1 Å². The van der Waals surface area contributed by atoms with E-state index in [2.05, 4.69) is 11.1 Å². The summed E-state index contributed by atoms with van der Waals surface area (Å²) in [7, 11) is 1.29. The van der Waals surface area contributed by atoms with E-state index in [9.17, 15) is 24.8 Å². The Labute approximate surface area is 174 Å². The number of para-hydroxylation sites is 2. The average Bonchev–Trinajstić information content (AvgIpc) is 3.11. The number of fused-ring (bicyclic) bond motifs is 3. The molecule has 3 heterocycles. The third kappa shape index (κ3) is 2.69. The molecule has 154 valence electrons. The van der Waals surface area contributed by atoms with Crippen molar-refractivity contribution in [2.75, 3.05) is 0 Å². The summed E-state index contributed by atoms with van der Waals surface area (Å²) in [5.74, 6) is -1.46. The van der Waals surface area contributed by atoms with Gasteiger partial charge in [0.15, 0.2) is 5.65 Å². The number of carbonyl (C=O) groups is 1. The van der Waals surface area contributed by atoms with Crippen molar-refractivity contribution in [1.29, 1.82) is 5.26 Å². The molecule has 1 aromatic carbocycles. The minimum atomic E-state index is -0.909. The number of nitrogens with two attached hydrogens (primary N) is 1. The second-order valence-electron chi connectivity index (χ2n) is 7.20. The van der Waals surface area contributed by atoms with Gasteiger partial charge in [0.2, 0.25) is 5.88 Å². The Bertz CT molecular complexity index is 1650. The van der Waals surface area contributed by atoms with Gasteiger partial charge >= 0.3 is 0 Å². The van der Waals surface area contributed by atoms with Crippen LogP contribution >= 0.6 is 0 Å². The summed E-state index contributed by atoms with van der Waals surface area (Å²) in [6, 6.07) is 9.08. The Morgan fingerprint density at radius 2 is 1.87 bits per heavy atom. The Hall–Kier alpha value is -4.45. The van der Waals surface area contributed by atoms with Crippen molar-refractivity contribution >= 4 is 28.7 Å². The highest BCUT2D eigenvalue weighted by Gasteiger charge is 2.21. The molecule has 1 amide bonds. The minimum Gasteiger partial charge on any atom is -0.494 e. The number of rotatable bonds is 2. The number of aromatic hydroxyl groups is 1. The summed E-state index contributed by atoms with van der Waals surface area (Å²) in [6.45, 7) is 3.06. The predicted octanol–water partition coefficient (Wildman–Crippen LogP) is 0.387. The molecule has 3 aromatic heterocycles. The number of hydrogen-bond acceptors (Lipinski definition) is 6. The molecule has 0 aliphatic heterocycles. The number of amides is 1. The van der Waals surface area contributed by atoms with Gasteiger partial charge in [-0.25, -0.2) is 4.98 Å². The highest BCUT2D eigenvalue weighted by molar-refractivity contribution is 5.97. The largest absolute Gasteiger partial charge is 0.494 e. The quantitative estimate of drug-likeness (QED) is 0.485. The van der Waals surface area contributed by atoms with Crippen LogP contribution in [0.3, 0.4) is 0 Å². The van der Waals surface area contributed by atoms with E-state index in [0.717, 1.165) is 4.57 Å². The molecule has 4 rings (SSSR count). The lowest BCUT2D eigenvalue weighted by Crippen LogP contribution is -2.35. The van der Waals surface area contributed by atoms with Gasteiger partial charge in [-0.1, -0.05) is 12.1 Å². The van der Waals surface area contributed by atoms with Crippen LogP contribution in [-0.4, -0.2) is 25.0 Å². The van der Waals surface area contributed by atoms with Crippen LogP contribution in [0.4, 0.5) is 0 Å². The van der Waals surface area contributed by atoms with E-state index in [1.54, 1.807) is 31.2 Å². The molecule has 9 nitrogen and oxygen atoms in total. The van der Waals surface area contributed by atoms with Gasteiger partial charge in [0, 0.05) is 17.8 Å². The lowest BCUT2D eigenvalue weighted by atomic mass is 10.0. The van der Waals surface area contributed by atoms with Crippen molar-refractivity contribution in [2.24, 2.45) is 12.8 Å². The Morgan fingerprint density at radius 1 is 1.19 bits per heavy atom. The van der Waals surface area contributed by atoms with Crippen LogP contribution in [0, 0.1) is 25.2 Å². The maximum atomic E-state index is 13.4. The molecule has 31 heavy (non-hydrogen) atoms. The number of primary amides is 1. The summed E-state index contributed by atoms with van der Waals surface area (Å²) in [4.78, 5) is 42.5. The van der Waals surface area contributed by atoms with Gasteiger partial charge in [-0.15, -0.1) is 0 Å². The molecule has 0 saturated carbocycles. The molecule has 0 aliphatic rings. The van der Waals surface area contributed by atoms with Gasteiger partial charge in [0.25, 0.3) is 17.0 Å². The van der Waals surface area contributed by atoms with Crippen LogP contribution in [0.25, 0.3) is 22.8 Å². The fraction of sp³-hybridized carbons (Fsp3) is 0.136. The number of imidazole rings is 1. The summed E-state index contributed by atoms with van der Waals surface area (Å²) in [5.41, 5.74) is 6.11. The molecule has 0 fully saturated rings. The van der Waals surface area contributed by atoms with Crippen molar-refractivity contribution < 1.29 is 9.90 Å². The van der Waals surface area contributed by atoms with Crippen LogP contribution in [0.2, 0.25) is 0 Å². The number of aromatic nitrogens is 3. The van der Waals surface area contributed by atoms with Crippen LogP contribution in [0.15, 0.2) is 33.9 Å². The predicted molar refractivity (Wildman–Crippen MR) is 114 cm³/mol. The number of carbonyl (C=O) groups excluding carboxylic acids is 1. The SMILES string of the molecule is Cc1c(C(N)=O)c(O)n(C)c(=O)c1/C=c1/c(C)c(C#N)c2nc3ccccc3n2c1=O. The van der Waals surface area contributed by atoms with Crippen molar-refractivity contribution in [2.45, 2.75) is 13.8 Å². The van der Waals surface area contributed by atoms with Crippen LogP contribution in [0.5, 0.6) is 5.88 Å². The molecular formula is C22H17N5O4. The lowest BCUT2D eigenvalue weighted by Gasteiger charge is -2.12. The van der Waals surface area contributed by atoms with Gasteiger partial charge in [0.1, 0.15) is 11.6 Å². The number of benzene rings is 1. The molecular weight excluding hydrogens is 398 g/mol. The van der Waals surface area contributed by atoms with Gasteiger partial charge in [-0.2, -0.15) is 5.26 Å².